The molecule has 0 amide bonds. The van der Waals surface area contributed by atoms with E-state index >= 15 is 0 Å². The standard InChI is InChI=1S/C13H20N2/c1-15(2)10-12-5-7-13(8-6-12)14-9-11-3-4-11/h5-8,11,14H,3-4,9-10H2,1-2H3. The molecule has 1 aliphatic carbocycles. The van der Waals surface area contributed by atoms with Crippen molar-refractivity contribution in [2.75, 3.05) is 26.0 Å². The van der Waals surface area contributed by atoms with Crippen molar-refractivity contribution in [3.05, 3.63) is 29.8 Å². The van der Waals surface area contributed by atoms with E-state index < -0.39 is 0 Å². The average molecular weight is 204 g/mol. The first kappa shape index (κ1) is 10.5. The Balaban J connectivity index is 1.85. The maximum atomic E-state index is 3.47. The van der Waals surface area contributed by atoms with Crippen LogP contribution in [0.4, 0.5) is 5.69 Å². The Bertz CT molecular complexity index is 299. The van der Waals surface area contributed by atoms with Gasteiger partial charge in [-0.25, -0.2) is 0 Å². The first-order chi connectivity index (χ1) is 7.24. The van der Waals surface area contributed by atoms with Gasteiger partial charge in [0.15, 0.2) is 0 Å². The van der Waals surface area contributed by atoms with Gasteiger partial charge >= 0.3 is 0 Å². The van der Waals surface area contributed by atoms with Crippen molar-refractivity contribution in [1.82, 2.24) is 4.90 Å². The van der Waals surface area contributed by atoms with E-state index in [9.17, 15) is 0 Å². The fourth-order valence-electron chi connectivity index (χ4n) is 1.68. The quantitative estimate of drug-likeness (QED) is 0.793. The lowest BCUT2D eigenvalue weighted by Gasteiger charge is -2.10. The largest absolute Gasteiger partial charge is 0.385 e. The average Bonchev–Trinajstić information content (AvgIpc) is 2.99. The summed E-state index contributed by atoms with van der Waals surface area (Å²) in [6, 6.07) is 8.77. The minimum absolute atomic E-state index is 0.937. The van der Waals surface area contributed by atoms with E-state index in [0.717, 1.165) is 19.0 Å². The minimum Gasteiger partial charge on any atom is -0.385 e. The third-order valence-electron chi connectivity index (χ3n) is 2.74. The lowest BCUT2D eigenvalue weighted by atomic mass is 10.2. The Labute approximate surface area is 92.3 Å². The normalized spacial score (nSPS) is 15.7. The molecule has 1 N–H and O–H groups in total. The Morgan fingerprint density at radius 3 is 2.40 bits per heavy atom. The molecule has 82 valence electrons. The molecule has 0 aliphatic heterocycles. The number of nitrogens with one attached hydrogen (secondary N) is 1. The highest BCUT2D eigenvalue weighted by Gasteiger charge is 2.20. The van der Waals surface area contributed by atoms with Gasteiger partial charge in [-0.1, -0.05) is 12.1 Å². The molecule has 0 radical (unpaired) electrons. The summed E-state index contributed by atoms with van der Waals surface area (Å²) in [5, 5.41) is 3.47. The van der Waals surface area contributed by atoms with Crippen molar-refractivity contribution in [3.63, 3.8) is 0 Å². The predicted molar refractivity (Wildman–Crippen MR) is 65.0 cm³/mol. The molecule has 1 aromatic rings. The summed E-state index contributed by atoms with van der Waals surface area (Å²) in [6.07, 6.45) is 2.82. The number of hydrogen-bond donors (Lipinski definition) is 1. The number of benzene rings is 1. The van der Waals surface area contributed by atoms with Crippen molar-refractivity contribution in [3.8, 4) is 0 Å². The molecule has 1 aliphatic rings. The summed E-state index contributed by atoms with van der Waals surface area (Å²) >= 11 is 0. The van der Waals surface area contributed by atoms with E-state index in [0.29, 0.717) is 0 Å². The highest BCUT2D eigenvalue weighted by Crippen LogP contribution is 2.28. The maximum absolute atomic E-state index is 3.47. The molecule has 0 saturated heterocycles. The van der Waals surface area contributed by atoms with Gasteiger partial charge in [0, 0.05) is 18.8 Å². The van der Waals surface area contributed by atoms with E-state index in [2.05, 4.69) is 48.6 Å². The molecular formula is C13H20N2. The highest BCUT2D eigenvalue weighted by molar-refractivity contribution is 5.44. The molecule has 2 rings (SSSR count). The third kappa shape index (κ3) is 3.56. The second-order valence-corrected chi connectivity index (χ2v) is 4.76. The van der Waals surface area contributed by atoms with Crippen LogP contribution in [0.15, 0.2) is 24.3 Å². The molecule has 0 heterocycles. The lowest BCUT2D eigenvalue weighted by molar-refractivity contribution is 0.402. The van der Waals surface area contributed by atoms with Crippen molar-refractivity contribution >= 4 is 5.69 Å². The Morgan fingerprint density at radius 2 is 1.87 bits per heavy atom. The molecule has 1 aromatic carbocycles. The number of rotatable bonds is 5. The van der Waals surface area contributed by atoms with E-state index in [1.807, 2.05) is 0 Å². The van der Waals surface area contributed by atoms with Crippen molar-refractivity contribution in [2.45, 2.75) is 19.4 Å². The van der Waals surface area contributed by atoms with Crippen LogP contribution in [0, 0.1) is 5.92 Å². The van der Waals surface area contributed by atoms with Crippen LogP contribution in [0.1, 0.15) is 18.4 Å². The first-order valence-corrected chi connectivity index (χ1v) is 5.71. The van der Waals surface area contributed by atoms with Gasteiger partial charge < -0.3 is 10.2 Å². The zero-order valence-electron chi connectivity index (χ0n) is 9.66. The van der Waals surface area contributed by atoms with Gasteiger partial charge in [0.25, 0.3) is 0 Å². The highest BCUT2D eigenvalue weighted by atomic mass is 15.0. The van der Waals surface area contributed by atoms with Crippen LogP contribution in [0.5, 0.6) is 0 Å². The van der Waals surface area contributed by atoms with Crippen LogP contribution in [0.3, 0.4) is 0 Å². The van der Waals surface area contributed by atoms with E-state index in [1.165, 1.54) is 24.1 Å². The Hall–Kier alpha value is -1.02. The van der Waals surface area contributed by atoms with E-state index in [-0.39, 0.29) is 0 Å². The molecule has 0 spiro atoms. The molecule has 2 heteroatoms. The number of nitrogens with zero attached hydrogens (tertiary/aromatic N) is 1. The van der Waals surface area contributed by atoms with Gasteiger partial charge in [-0.05, 0) is 50.6 Å². The summed E-state index contributed by atoms with van der Waals surface area (Å²) in [5.41, 5.74) is 2.63. The van der Waals surface area contributed by atoms with Crippen LogP contribution >= 0.6 is 0 Å². The van der Waals surface area contributed by atoms with Gasteiger partial charge in [0.05, 0.1) is 0 Å². The van der Waals surface area contributed by atoms with Gasteiger partial charge in [-0.2, -0.15) is 0 Å². The topological polar surface area (TPSA) is 15.3 Å². The number of hydrogen-bond acceptors (Lipinski definition) is 2. The lowest BCUT2D eigenvalue weighted by Crippen LogP contribution is -2.10. The summed E-state index contributed by atoms with van der Waals surface area (Å²) in [6.45, 7) is 2.16. The second-order valence-electron chi connectivity index (χ2n) is 4.76. The number of anilines is 1. The summed E-state index contributed by atoms with van der Waals surface area (Å²) < 4.78 is 0. The SMILES string of the molecule is CN(C)Cc1ccc(NCC2CC2)cc1. The Morgan fingerprint density at radius 1 is 1.20 bits per heavy atom. The minimum atomic E-state index is 0.937. The second kappa shape index (κ2) is 4.67. The molecule has 1 saturated carbocycles. The summed E-state index contributed by atoms with van der Waals surface area (Å²) in [7, 11) is 4.19. The summed E-state index contributed by atoms with van der Waals surface area (Å²) in [5.74, 6) is 0.937. The molecule has 0 bridgehead atoms. The molecule has 2 nitrogen and oxygen atoms in total. The van der Waals surface area contributed by atoms with Gasteiger partial charge in [-0.15, -0.1) is 0 Å². The smallest absolute Gasteiger partial charge is 0.0340 e. The van der Waals surface area contributed by atoms with Crippen molar-refractivity contribution < 1.29 is 0 Å². The maximum Gasteiger partial charge on any atom is 0.0340 e. The first-order valence-electron chi connectivity index (χ1n) is 5.71. The zero-order valence-corrected chi connectivity index (χ0v) is 9.66. The molecule has 0 atom stereocenters. The van der Waals surface area contributed by atoms with Gasteiger partial charge in [-0.3, -0.25) is 0 Å². The zero-order chi connectivity index (χ0) is 10.7. The summed E-state index contributed by atoms with van der Waals surface area (Å²) in [4.78, 5) is 2.19. The predicted octanol–water partition coefficient (Wildman–Crippen LogP) is 2.57. The Kier molecular flexibility index (Phi) is 3.27. The molecular weight excluding hydrogens is 184 g/mol. The van der Waals surface area contributed by atoms with Crippen molar-refractivity contribution in [1.29, 1.82) is 0 Å². The van der Waals surface area contributed by atoms with Crippen LogP contribution in [0.2, 0.25) is 0 Å². The van der Waals surface area contributed by atoms with E-state index in [4.69, 9.17) is 0 Å². The molecule has 0 unspecified atom stereocenters. The van der Waals surface area contributed by atoms with Crippen LogP contribution in [-0.4, -0.2) is 25.5 Å². The van der Waals surface area contributed by atoms with Gasteiger partial charge in [0.1, 0.15) is 0 Å². The van der Waals surface area contributed by atoms with Crippen molar-refractivity contribution in [2.24, 2.45) is 5.92 Å². The van der Waals surface area contributed by atoms with Crippen LogP contribution < -0.4 is 5.32 Å². The van der Waals surface area contributed by atoms with Crippen LogP contribution in [-0.2, 0) is 6.54 Å². The fourth-order valence-corrected chi connectivity index (χ4v) is 1.68. The fraction of sp³-hybridized carbons (Fsp3) is 0.538. The molecule has 1 fully saturated rings. The molecule has 15 heavy (non-hydrogen) atoms. The third-order valence-corrected chi connectivity index (χ3v) is 2.74. The van der Waals surface area contributed by atoms with Gasteiger partial charge in [0.2, 0.25) is 0 Å². The van der Waals surface area contributed by atoms with E-state index in [1.54, 1.807) is 0 Å². The molecule has 0 aromatic heterocycles. The monoisotopic (exact) mass is 204 g/mol. The van der Waals surface area contributed by atoms with Crippen LogP contribution in [0.25, 0.3) is 0 Å².